The monoisotopic (exact) mass is 436 g/mol. The molecule has 1 fully saturated rings. The fourth-order valence-corrected chi connectivity index (χ4v) is 3.24. The Morgan fingerprint density at radius 2 is 2.00 bits per heavy atom. The van der Waals surface area contributed by atoms with Gasteiger partial charge >= 0.3 is 0 Å². The summed E-state index contributed by atoms with van der Waals surface area (Å²) in [4.78, 5) is 14.2. The third kappa shape index (κ3) is 3.86. The van der Waals surface area contributed by atoms with Gasteiger partial charge in [-0.1, -0.05) is 27.5 Å². The molecule has 1 amide bonds. The van der Waals surface area contributed by atoms with E-state index < -0.39 is 0 Å². The summed E-state index contributed by atoms with van der Waals surface area (Å²) in [6.07, 6.45) is 1.74. The highest BCUT2D eigenvalue weighted by Gasteiger charge is 2.32. The molecule has 1 saturated heterocycles. The first kappa shape index (κ1) is 17.9. The van der Waals surface area contributed by atoms with Crippen LogP contribution in [0, 0.1) is 0 Å². The molecule has 1 aliphatic rings. The maximum Gasteiger partial charge on any atom is 0.281 e. The number of halogens is 2. The normalized spacial score (nSPS) is 15.6. The van der Waals surface area contributed by atoms with E-state index >= 15 is 0 Å². The minimum absolute atomic E-state index is 0.227. The minimum atomic E-state index is -0.227. The first-order chi connectivity index (χ1) is 12.0. The average Bonchev–Trinajstić information content (AvgIpc) is 2.85. The lowest BCUT2D eigenvalue weighted by molar-refractivity contribution is -0.113. The SMILES string of the molecule is CCOc1ccc(Br)cc1/C=C1\NC(=S)N(c2ccc(Cl)cc2)C1=O. The number of hydrogen-bond acceptors (Lipinski definition) is 3. The van der Waals surface area contributed by atoms with Crippen LogP contribution in [0.4, 0.5) is 5.69 Å². The number of rotatable bonds is 4. The van der Waals surface area contributed by atoms with Crippen LogP contribution in [0.5, 0.6) is 5.75 Å². The van der Waals surface area contributed by atoms with Gasteiger partial charge in [-0.2, -0.15) is 0 Å². The Labute approximate surface area is 164 Å². The number of ether oxygens (including phenoxy) is 1. The molecule has 3 rings (SSSR count). The second-order valence-electron chi connectivity index (χ2n) is 5.22. The molecular weight excluding hydrogens is 424 g/mol. The summed E-state index contributed by atoms with van der Waals surface area (Å²) in [7, 11) is 0. The van der Waals surface area contributed by atoms with Gasteiger partial charge in [0.1, 0.15) is 11.4 Å². The summed E-state index contributed by atoms with van der Waals surface area (Å²) in [5, 5.41) is 3.89. The maximum absolute atomic E-state index is 12.8. The molecule has 1 heterocycles. The predicted molar refractivity (Wildman–Crippen MR) is 108 cm³/mol. The van der Waals surface area contributed by atoms with Crippen molar-refractivity contribution in [2.75, 3.05) is 11.5 Å². The lowest BCUT2D eigenvalue weighted by Crippen LogP contribution is -2.30. The largest absolute Gasteiger partial charge is 0.493 e. The topological polar surface area (TPSA) is 41.6 Å². The van der Waals surface area contributed by atoms with E-state index in [-0.39, 0.29) is 5.91 Å². The van der Waals surface area contributed by atoms with E-state index in [1.807, 2.05) is 25.1 Å². The first-order valence-electron chi connectivity index (χ1n) is 7.54. The number of nitrogens with zero attached hydrogens (tertiary/aromatic N) is 1. The smallest absolute Gasteiger partial charge is 0.281 e. The second kappa shape index (κ2) is 7.56. The van der Waals surface area contributed by atoms with E-state index in [4.69, 9.17) is 28.6 Å². The van der Waals surface area contributed by atoms with Gasteiger partial charge in [-0.3, -0.25) is 9.69 Å². The van der Waals surface area contributed by atoms with Crippen molar-refractivity contribution in [2.45, 2.75) is 6.92 Å². The average molecular weight is 438 g/mol. The lowest BCUT2D eigenvalue weighted by Gasteiger charge is -2.13. The van der Waals surface area contributed by atoms with E-state index in [9.17, 15) is 4.79 Å². The van der Waals surface area contributed by atoms with Crippen molar-refractivity contribution in [3.8, 4) is 5.75 Å². The van der Waals surface area contributed by atoms with Crippen LogP contribution < -0.4 is 15.0 Å². The van der Waals surface area contributed by atoms with Gasteiger partial charge in [-0.25, -0.2) is 0 Å². The van der Waals surface area contributed by atoms with Crippen molar-refractivity contribution >= 4 is 62.5 Å². The highest BCUT2D eigenvalue weighted by Crippen LogP contribution is 2.28. The van der Waals surface area contributed by atoms with E-state index in [0.29, 0.717) is 33.9 Å². The molecule has 4 nitrogen and oxygen atoms in total. The Morgan fingerprint density at radius 3 is 2.68 bits per heavy atom. The lowest BCUT2D eigenvalue weighted by atomic mass is 10.1. The molecule has 0 atom stereocenters. The third-order valence-corrected chi connectivity index (χ3v) is 4.56. The van der Waals surface area contributed by atoms with Crippen LogP contribution in [-0.4, -0.2) is 17.6 Å². The summed E-state index contributed by atoms with van der Waals surface area (Å²) in [5.74, 6) is 0.471. The van der Waals surface area contributed by atoms with Crippen LogP contribution in [0.1, 0.15) is 12.5 Å². The van der Waals surface area contributed by atoms with Crippen molar-refractivity contribution in [3.05, 3.63) is 63.2 Å². The van der Waals surface area contributed by atoms with Gasteiger partial charge < -0.3 is 10.1 Å². The quantitative estimate of drug-likeness (QED) is 0.553. The number of hydrogen-bond donors (Lipinski definition) is 1. The van der Waals surface area contributed by atoms with Gasteiger partial charge in [0.15, 0.2) is 5.11 Å². The maximum atomic E-state index is 12.8. The molecule has 128 valence electrons. The van der Waals surface area contributed by atoms with E-state index in [1.165, 1.54) is 4.90 Å². The summed E-state index contributed by atoms with van der Waals surface area (Å²) in [5.41, 5.74) is 1.83. The van der Waals surface area contributed by atoms with Crippen molar-refractivity contribution in [1.29, 1.82) is 0 Å². The Morgan fingerprint density at radius 1 is 1.28 bits per heavy atom. The molecule has 2 aromatic rings. The van der Waals surface area contributed by atoms with Crippen molar-refractivity contribution < 1.29 is 9.53 Å². The molecule has 0 bridgehead atoms. The molecule has 1 aliphatic heterocycles. The van der Waals surface area contributed by atoms with Crippen molar-refractivity contribution in [2.24, 2.45) is 0 Å². The van der Waals surface area contributed by atoms with Crippen LogP contribution in [0.3, 0.4) is 0 Å². The molecule has 0 aliphatic carbocycles. The van der Waals surface area contributed by atoms with Crippen LogP contribution in [0.2, 0.25) is 5.02 Å². The Hall–Kier alpha value is -1.89. The molecule has 25 heavy (non-hydrogen) atoms. The van der Waals surface area contributed by atoms with Gasteiger partial charge in [0, 0.05) is 15.1 Å². The van der Waals surface area contributed by atoms with Crippen LogP contribution in [0.15, 0.2) is 52.6 Å². The number of anilines is 1. The number of carbonyl (C=O) groups is 1. The van der Waals surface area contributed by atoms with Gasteiger partial charge in [0.2, 0.25) is 0 Å². The highest BCUT2D eigenvalue weighted by molar-refractivity contribution is 9.10. The zero-order valence-corrected chi connectivity index (χ0v) is 16.4. The number of thiocarbonyl (C=S) groups is 1. The Kier molecular flexibility index (Phi) is 5.42. The zero-order valence-electron chi connectivity index (χ0n) is 13.3. The summed E-state index contributed by atoms with van der Waals surface area (Å²) in [6, 6.07) is 12.6. The summed E-state index contributed by atoms with van der Waals surface area (Å²) < 4.78 is 6.52. The van der Waals surface area contributed by atoms with Gasteiger partial charge in [-0.05, 0) is 67.7 Å². The first-order valence-corrected chi connectivity index (χ1v) is 9.12. The number of amides is 1. The van der Waals surface area contributed by atoms with Crippen LogP contribution >= 0.6 is 39.7 Å². The molecule has 1 N–H and O–H groups in total. The predicted octanol–water partition coefficient (Wildman–Crippen LogP) is 4.76. The molecule has 0 radical (unpaired) electrons. The molecule has 0 spiro atoms. The second-order valence-corrected chi connectivity index (χ2v) is 6.96. The van der Waals surface area contributed by atoms with E-state index in [1.54, 1.807) is 30.3 Å². The minimum Gasteiger partial charge on any atom is -0.493 e. The van der Waals surface area contributed by atoms with Crippen molar-refractivity contribution in [1.82, 2.24) is 5.32 Å². The summed E-state index contributed by atoms with van der Waals surface area (Å²) in [6.45, 7) is 2.45. The van der Waals surface area contributed by atoms with Crippen molar-refractivity contribution in [3.63, 3.8) is 0 Å². The van der Waals surface area contributed by atoms with Gasteiger partial charge in [0.25, 0.3) is 5.91 Å². The molecule has 7 heteroatoms. The Balaban J connectivity index is 1.96. The highest BCUT2D eigenvalue weighted by atomic mass is 79.9. The standard InChI is InChI=1S/C18H14BrClN2O2S/c1-2-24-16-8-3-12(19)9-11(16)10-15-17(23)22(18(25)21-15)14-6-4-13(20)5-7-14/h3-10H,2H2,1H3,(H,21,25)/b15-10-. The molecule has 0 unspecified atom stereocenters. The van der Waals surface area contributed by atoms with Gasteiger partial charge in [0.05, 0.1) is 12.3 Å². The Bertz CT molecular complexity index is 868. The third-order valence-electron chi connectivity index (χ3n) is 3.53. The fourth-order valence-electron chi connectivity index (χ4n) is 2.43. The van der Waals surface area contributed by atoms with Crippen LogP contribution in [-0.2, 0) is 4.79 Å². The van der Waals surface area contributed by atoms with Crippen LogP contribution in [0.25, 0.3) is 6.08 Å². The molecule has 2 aromatic carbocycles. The molecule has 0 aromatic heterocycles. The number of benzene rings is 2. The van der Waals surface area contributed by atoms with E-state index in [0.717, 1.165) is 10.0 Å². The fraction of sp³-hybridized carbons (Fsp3) is 0.111. The molecular formula is C18H14BrClN2O2S. The van der Waals surface area contributed by atoms with E-state index in [2.05, 4.69) is 21.2 Å². The zero-order chi connectivity index (χ0) is 18.0. The van der Waals surface area contributed by atoms with Gasteiger partial charge in [-0.15, -0.1) is 0 Å². The number of nitrogens with one attached hydrogen (secondary N) is 1. The molecule has 0 saturated carbocycles. The summed E-state index contributed by atoms with van der Waals surface area (Å²) >= 11 is 14.7. The number of carbonyl (C=O) groups excluding carboxylic acids is 1.